The number of aliphatic carboxylic acids is 1. The highest BCUT2D eigenvalue weighted by Crippen LogP contribution is 2.47. The second-order valence-electron chi connectivity index (χ2n) is 7.72. The fourth-order valence-corrected chi connectivity index (χ4v) is 5.28. The maximum atomic E-state index is 13.1. The molecule has 128 valence electrons. The summed E-state index contributed by atoms with van der Waals surface area (Å²) in [5.74, 6) is 0.0850. The van der Waals surface area contributed by atoms with Crippen LogP contribution in [-0.2, 0) is 9.59 Å². The first-order valence-corrected chi connectivity index (χ1v) is 9.23. The number of hydrogen-bond donors (Lipinski definition) is 1. The summed E-state index contributed by atoms with van der Waals surface area (Å²) in [5.41, 5.74) is 1.35. The number of rotatable bonds is 3. The van der Waals surface area contributed by atoms with E-state index in [-0.39, 0.29) is 17.7 Å². The van der Waals surface area contributed by atoms with Gasteiger partial charge in [-0.05, 0) is 43.6 Å². The molecule has 1 heterocycles. The predicted molar refractivity (Wildman–Crippen MR) is 90.5 cm³/mol. The second-order valence-corrected chi connectivity index (χ2v) is 7.72. The van der Waals surface area contributed by atoms with E-state index in [1.807, 2.05) is 6.07 Å². The predicted octanol–water partition coefficient (Wildman–Crippen LogP) is 3.28. The van der Waals surface area contributed by atoms with Crippen LogP contribution in [0.25, 0.3) is 0 Å². The zero-order chi connectivity index (χ0) is 16.7. The molecule has 1 amide bonds. The average Bonchev–Trinajstić information content (AvgIpc) is 3.31. The molecule has 3 aliphatic rings. The van der Waals surface area contributed by atoms with Crippen LogP contribution in [0.15, 0.2) is 30.3 Å². The molecule has 4 rings (SSSR count). The van der Waals surface area contributed by atoms with E-state index < -0.39 is 5.97 Å². The quantitative estimate of drug-likeness (QED) is 0.927. The van der Waals surface area contributed by atoms with E-state index in [1.54, 1.807) is 0 Å². The Balaban J connectivity index is 1.51. The molecule has 1 aliphatic heterocycles. The van der Waals surface area contributed by atoms with E-state index in [1.165, 1.54) is 18.4 Å². The molecule has 24 heavy (non-hydrogen) atoms. The molecule has 1 N–H and O–H groups in total. The first-order valence-electron chi connectivity index (χ1n) is 9.23. The van der Waals surface area contributed by atoms with Crippen molar-refractivity contribution in [3.63, 3.8) is 0 Å². The zero-order valence-electron chi connectivity index (χ0n) is 13.9. The number of hydrogen-bond acceptors (Lipinski definition) is 2. The van der Waals surface area contributed by atoms with E-state index in [9.17, 15) is 14.7 Å². The maximum absolute atomic E-state index is 13.1. The summed E-state index contributed by atoms with van der Waals surface area (Å²) in [4.78, 5) is 26.4. The van der Waals surface area contributed by atoms with Gasteiger partial charge < -0.3 is 10.0 Å². The Morgan fingerprint density at radius 3 is 2.46 bits per heavy atom. The summed E-state index contributed by atoms with van der Waals surface area (Å²) in [6, 6.07) is 10.9. The van der Waals surface area contributed by atoms with Gasteiger partial charge in [0.05, 0.1) is 5.92 Å². The molecule has 0 spiro atoms. The van der Waals surface area contributed by atoms with E-state index in [2.05, 4.69) is 29.2 Å². The van der Waals surface area contributed by atoms with Crippen molar-refractivity contribution in [3.8, 4) is 0 Å². The molecular weight excluding hydrogens is 302 g/mol. The molecule has 1 saturated heterocycles. The molecule has 4 heteroatoms. The Labute approximate surface area is 142 Å². The maximum Gasteiger partial charge on any atom is 0.306 e. The highest BCUT2D eigenvalue weighted by Gasteiger charge is 2.48. The number of nitrogens with zero attached hydrogens (tertiary/aromatic N) is 1. The Bertz CT molecular complexity index is 629. The minimum atomic E-state index is -0.743. The third-order valence-electron chi connectivity index (χ3n) is 6.48. The number of amides is 1. The molecule has 3 unspecified atom stereocenters. The normalized spacial score (nSPS) is 35.2. The van der Waals surface area contributed by atoms with E-state index in [0.29, 0.717) is 30.7 Å². The van der Waals surface area contributed by atoms with Gasteiger partial charge in [0.1, 0.15) is 0 Å². The second kappa shape index (κ2) is 6.23. The van der Waals surface area contributed by atoms with Crippen molar-refractivity contribution in [2.45, 2.75) is 50.5 Å². The Hall–Kier alpha value is -1.84. The lowest BCUT2D eigenvalue weighted by Crippen LogP contribution is -2.39. The van der Waals surface area contributed by atoms with Gasteiger partial charge in [-0.2, -0.15) is 0 Å². The van der Waals surface area contributed by atoms with Gasteiger partial charge in [0.2, 0.25) is 5.91 Å². The van der Waals surface area contributed by atoms with Crippen molar-refractivity contribution in [2.75, 3.05) is 6.54 Å². The lowest BCUT2D eigenvalue weighted by Gasteiger charge is -2.26. The van der Waals surface area contributed by atoms with Gasteiger partial charge in [-0.3, -0.25) is 9.59 Å². The summed E-state index contributed by atoms with van der Waals surface area (Å²) < 4.78 is 0. The highest BCUT2D eigenvalue weighted by molar-refractivity contribution is 5.81. The van der Waals surface area contributed by atoms with E-state index in [0.717, 1.165) is 19.4 Å². The largest absolute Gasteiger partial charge is 0.481 e. The number of likely N-dealkylation sites (tertiary alicyclic amines) is 1. The molecule has 4 nitrogen and oxygen atoms in total. The third kappa shape index (κ3) is 2.62. The molecule has 1 aromatic carbocycles. The summed E-state index contributed by atoms with van der Waals surface area (Å²) in [5, 5.41) is 9.19. The van der Waals surface area contributed by atoms with Gasteiger partial charge in [-0.15, -0.1) is 0 Å². The lowest BCUT2D eigenvalue weighted by atomic mass is 9.87. The SMILES string of the molecule is O=C(O)[C@@H]1CC[C@H](C(=O)N2CC(c3ccccc3)C3CCCC32)C1. The molecule has 0 radical (unpaired) electrons. The minimum Gasteiger partial charge on any atom is -0.481 e. The topological polar surface area (TPSA) is 57.6 Å². The van der Waals surface area contributed by atoms with Crippen LogP contribution in [0, 0.1) is 17.8 Å². The van der Waals surface area contributed by atoms with Gasteiger partial charge >= 0.3 is 5.97 Å². The highest BCUT2D eigenvalue weighted by atomic mass is 16.4. The zero-order valence-corrected chi connectivity index (χ0v) is 13.9. The molecule has 1 aromatic rings. The first kappa shape index (κ1) is 15.7. The molecule has 0 bridgehead atoms. The van der Waals surface area contributed by atoms with Crippen molar-refractivity contribution in [2.24, 2.45) is 17.8 Å². The molecule has 5 atom stereocenters. The monoisotopic (exact) mass is 327 g/mol. The standard InChI is InChI=1S/C20H25NO3/c22-19(14-9-10-15(11-14)20(23)24)21-12-17(13-5-2-1-3-6-13)16-7-4-8-18(16)21/h1-3,5-6,14-18H,4,7-12H2,(H,23,24)/t14-,15+,16?,17?,18?/m0/s1. The summed E-state index contributed by atoms with van der Waals surface area (Å²) in [6.45, 7) is 0.812. The van der Waals surface area contributed by atoms with Crippen LogP contribution in [0.2, 0.25) is 0 Å². The van der Waals surface area contributed by atoms with Gasteiger partial charge in [-0.1, -0.05) is 36.8 Å². The van der Waals surface area contributed by atoms with Crippen molar-refractivity contribution in [3.05, 3.63) is 35.9 Å². The minimum absolute atomic E-state index is 0.0816. The lowest BCUT2D eigenvalue weighted by molar-refractivity contribution is -0.141. The summed E-state index contributed by atoms with van der Waals surface area (Å²) in [7, 11) is 0. The molecule has 2 saturated carbocycles. The van der Waals surface area contributed by atoms with E-state index >= 15 is 0 Å². The smallest absolute Gasteiger partial charge is 0.306 e. The Morgan fingerprint density at radius 1 is 1.00 bits per heavy atom. The first-order chi connectivity index (χ1) is 11.6. The molecular formula is C20H25NO3. The average molecular weight is 327 g/mol. The van der Waals surface area contributed by atoms with Gasteiger partial charge in [0, 0.05) is 24.4 Å². The van der Waals surface area contributed by atoms with Crippen LogP contribution in [0.5, 0.6) is 0 Å². The fraction of sp³-hybridized carbons (Fsp3) is 0.600. The van der Waals surface area contributed by atoms with Crippen LogP contribution in [0.3, 0.4) is 0 Å². The van der Waals surface area contributed by atoms with Crippen LogP contribution in [0.4, 0.5) is 0 Å². The van der Waals surface area contributed by atoms with Crippen LogP contribution < -0.4 is 0 Å². The number of fused-ring (bicyclic) bond motifs is 1. The number of carbonyl (C=O) groups is 2. The number of carbonyl (C=O) groups excluding carboxylic acids is 1. The van der Waals surface area contributed by atoms with Crippen molar-refractivity contribution in [1.82, 2.24) is 4.90 Å². The number of benzene rings is 1. The molecule has 0 aromatic heterocycles. The van der Waals surface area contributed by atoms with Gasteiger partial charge in [0.25, 0.3) is 0 Å². The number of carboxylic acid groups (broad SMARTS) is 1. The summed E-state index contributed by atoms with van der Waals surface area (Å²) >= 11 is 0. The van der Waals surface area contributed by atoms with Crippen LogP contribution in [-0.4, -0.2) is 34.5 Å². The van der Waals surface area contributed by atoms with Crippen molar-refractivity contribution < 1.29 is 14.7 Å². The van der Waals surface area contributed by atoms with Crippen LogP contribution in [0.1, 0.15) is 50.0 Å². The van der Waals surface area contributed by atoms with Crippen LogP contribution >= 0.6 is 0 Å². The van der Waals surface area contributed by atoms with E-state index in [4.69, 9.17) is 0 Å². The Kier molecular flexibility index (Phi) is 4.07. The fourth-order valence-electron chi connectivity index (χ4n) is 5.28. The molecule has 2 aliphatic carbocycles. The van der Waals surface area contributed by atoms with Crippen molar-refractivity contribution in [1.29, 1.82) is 0 Å². The summed E-state index contributed by atoms with van der Waals surface area (Å²) in [6.07, 6.45) is 5.42. The van der Waals surface area contributed by atoms with Crippen molar-refractivity contribution >= 4 is 11.9 Å². The van der Waals surface area contributed by atoms with Gasteiger partial charge in [0.15, 0.2) is 0 Å². The molecule has 3 fully saturated rings. The number of carboxylic acids is 1. The van der Waals surface area contributed by atoms with Gasteiger partial charge in [-0.25, -0.2) is 0 Å². The third-order valence-corrected chi connectivity index (χ3v) is 6.48. The Morgan fingerprint density at radius 2 is 1.75 bits per heavy atom.